The Kier molecular flexibility index (Phi) is 5.05. The molecule has 0 fully saturated rings. The second-order valence-electron chi connectivity index (χ2n) is 7.81. The van der Waals surface area contributed by atoms with E-state index in [1.165, 1.54) is 0 Å². The summed E-state index contributed by atoms with van der Waals surface area (Å²) >= 11 is 6.06. The predicted octanol–water partition coefficient (Wildman–Crippen LogP) is 4.18. The molecule has 0 atom stereocenters. The molecule has 4 rings (SSSR count). The minimum Gasteiger partial charge on any atom is -0.360 e. The van der Waals surface area contributed by atoms with E-state index >= 15 is 0 Å². The summed E-state index contributed by atoms with van der Waals surface area (Å²) < 4.78 is 9.29. The summed E-state index contributed by atoms with van der Waals surface area (Å²) in [5.74, 6) is 0.451. The number of hydrogen-bond donors (Lipinski definition) is 1. The fourth-order valence-corrected chi connectivity index (χ4v) is 3.69. The normalized spacial score (nSPS) is 12.1. The van der Waals surface area contributed by atoms with Gasteiger partial charge in [-0.15, -0.1) is 5.10 Å². The number of benzene rings is 1. The Bertz CT molecular complexity index is 1120. The number of anilines is 2. The van der Waals surface area contributed by atoms with Crippen molar-refractivity contribution in [2.75, 3.05) is 11.9 Å². The second-order valence-corrected chi connectivity index (χ2v) is 13.8. The number of hydrogen-bond acceptors (Lipinski definition) is 6. The number of rotatable bonds is 7. The van der Waals surface area contributed by atoms with Gasteiger partial charge in [-0.05, 0) is 24.2 Å². The Balaban J connectivity index is 1.51. The van der Waals surface area contributed by atoms with Gasteiger partial charge in [-0.3, -0.25) is 0 Å². The van der Waals surface area contributed by atoms with Crippen molar-refractivity contribution < 1.29 is 4.74 Å². The topological polar surface area (TPSA) is 82.2 Å². The van der Waals surface area contributed by atoms with Crippen molar-refractivity contribution >= 4 is 47.9 Å². The third-order valence-electron chi connectivity index (χ3n) is 4.32. The van der Waals surface area contributed by atoms with Gasteiger partial charge in [0.2, 0.25) is 5.95 Å². The van der Waals surface area contributed by atoms with Crippen LogP contribution >= 0.6 is 11.6 Å². The Labute approximate surface area is 168 Å². The van der Waals surface area contributed by atoms with Gasteiger partial charge >= 0.3 is 0 Å². The summed E-state index contributed by atoms with van der Waals surface area (Å²) in [4.78, 5) is 8.40. The molecule has 1 N–H and O–H groups in total. The van der Waals surface area contributed by atoms with Gasteiger partial charge in [0.05, 0.1) is 11.7 Å². The van der Waals surface area contributed by atoms with E-state index in [-0.39, 0.29) is 0 Å². The minimum absolute atomic E-state index is 0.312. The SMILES string of the molecule is C[Si](C)(C)CCOCn1ncc2ccc(Nc3nc4c(Cl)nccn4n3)cc21. The van der Waals surface area contributed by atoms with Crippen molar-refractivity contribution in [3.63, 3.8) is 0 Å². The number of aromatic nitrogens is 6. The summed E-state index contributed by atoms with van der Waals surface area (Å²) in [7, 11) is -1.10. The first-order chi connectivity index (χ1) is 13.4. The molecule has 0 radical (unpaired) electrons. The molecule has 0 aliphatic carbocycles. The molecule has 3 heterocycles. The molecule has 4 aromatic rings. The molecule has 0 saturated heterocycles. The van der Waals surface area contributed by atoms with E-state index in [9.17, 15) is 0 Å². The molecule has 0 amide bonds. The van der Waals surface area contributed by atoms with Crippen LogP contribution in [0.1, 0.15) is 0 Å². The largest absolute Gasteiger partial charge is 0.360 e. The van der Waals surface area contributed by atoms with Gasteiger partial charge in [-0.2, -0.15) is 10.1 Å². The smallest absolute Gasteiger partial charge is 0.247 e. The first kappa shape index (κ1) is 18.9. The van der Waals surface area contributed by atoms with Gasteiger partial charge in [0, 0.05) is 38.1 Å². The second kappa shape index (κ2) is 7.49. The van der Waals surface area contributed by atoms with E-state index < -0.39 is 8.07 Å². The Hall–Kier alpha value is -2.49. The van der Waals surface area contributed by atoms with Gasteiger partial charge in [0.15, 0.2) is 10.8 Å². The highest BCUT2D eigenvalue weighted by atomic mass is 35.5. The highest BCUT2D eigenvalue weighted by Gasteiger charge is 2.13. The zero-order chi connectivity index (χ0) is 19.7. The van der Waals surface area contributed by atoms with Crippen LogP contribution in [-0.4, -0.2) is 44.0 Å². The van der Waals surface area contributed by atoms with Crippen molar-refractivity contribution in [1.29, 1.82) is 0 Å². The molecule has 0 spiro atoms. The van der Waals surface area contributed by atoms with Gasteiger partial charge in [-0.1, -0.05) is 31.2 Å². The van der Waals surface area contributed by atoms with E-state index in [0.717, 1.165) is 29.2 Å². The summed E-state index contributed by atoms with van der Waals surface area (Å²) in [5, 5.41) is 13.4. The molecule has 0 bridgehead atoms. The van der Waals surface area contributed by atoms with Crippen LogP contribution in [0, 0.1) is 0 Å². The van der Waals surface area contributed by atoms with Gasteiger partial charge in [0.1, 0.15) is 6.73 Å². The molecule has 0 unspecified atom stereocenters. The van der Waals surface area contributed by atoms with E-state index in [1.54, 1.807) is 16.9 Å². The number of ether oxygens (including phenoxy) is 1. The van der Waals surface area contributed by atoms with Crippen molar-refractivity contribution in [3.8, 4) is 0 Å². The molecule has 0 saturated carbocycles. The minimum atomic E-state index is -1.10. The lowest BCUT2D eigenvalue weighted by molar-refractivity contribution is 0.0817. The molecule has 146 valence electrons. The maximum absolute atomic E-state index is 6.06. The van der Waals surface area contributed by atoms with Gasteiger partial charge < -0.3 is 10.1 Å². The van der Waals surface area contributed by atoms with Crippen LogP contribution in [0.4, 0.5) is 11.6 Å². The zero-order valence-corrected chi connectivity index (χ0v) is 17.8. The summed E-state index contributed by atoms with van der Waals surface area (Å²) in [6.07, 6.45) is 5.13. The summed E-state index contributed by atoms with van der Waals surface area (Å²) in [5.41, 5.74) is 2.35. The molecule has 10 heteroatoms. The van der Waals surface area contributed by atoms with Crippen molar-refractivity contribution in [2.24, 2.45) is 0 Å². The zero-order valence-electron chi connectivity index (χ0n) is 16.1. The van der Waals surface area contributed by atoms with Crippen LogP contribution in [-0.2, 0) is 11.5 Å². The van der Waals surface area contributed by atoms with Gasteiger partial charge in [0.25, 0.3) is 0 Å². The highest BCUT2D eigenvalue weighted by Crippen LogP contribution is 2.22. The van der Waals surface area contributed by atoms with Gasteiger partial charge in [-0.25, -0.2) is 14.2 Å². The fourth-order valence-electron chi connectivity index (χ4n) is 2.75. The quantitative estimate of drug-likeness (QED) is 0.360. The monoisotopic (exact) mass is 415 g/mol. The maximum Gasteiger partial charge on any atom is 0.247 e. The van der Waals surface area contributed by atoms with Crippen LogP contribution in [0.2, 0.25) is 30.8 Å². The van der Waals surface area contributed by atoms with Crippen molar-refractivity contribution in [1.82, 2.24) is 29.4 Å². The average molecular weight is 416 g/mol. The average Bonchev–Trinajstić information content (AvgIpc) is 3.22. The molecule has 8 nitrogen and oxygen atoms in total. The van der Waals surface area contributed by atoms with Crippen molar-refractivity contribution in [2.45, 2.75) is 32.4 Å². The van der Waals surface area contributed by atoms with Crippen molar-refractivity contribution in [3.05, 3.63) is 41.9 Å². The van der Waals surface area contributed by atoms with E-state index in [4.69, 9.17) is 16.3 Å². The first-order valence-corrected chi connectivity index (χ1v) is 13.1. The standard InChI is InChI=1S/C18H22ClN7OSi/c1-28(2,3)9-8-27-12-26-15-10-14(5-4-13(15)11-21-26)22-18-23-17-16(19)20-6-7-25(17)24-18/h4-7,10-11H,8-9,12H2,1-3H3,(H,22,24). The highest BCUT2D eigenvalue weighted by molar-refractivity contribution is 6.76. The maximum atomic E-state index is 6.06. The van der Waals surface area contributed by atoms with Crippen LogP contribution < -0.4 is 5.32 Å². The third kappa shape index (κ3) is 4.16. The molecular formula is C18H22ClN7OSi. The lowest BCUT2D eigenvalue weighted by Gasteiger charge is -2.15. The Morgan fingerprint density at radius 1 is 1.25 bits per heavy atom. The molecule has 0 aliphatic rings. The molecule has 3 aromatic heterocycles. The lowest BCUT2D eigenvalue weighted by Crippen LogP contribution is -2.22. The van der Waals surface area contributed by atoms with E-state index in [2.05, 4.69) is 45.1 Å². The fraction of sp³-hybridized carbons (Fsp3) is 0.333. The first-order valence-electron chi connectivity index (χ1n) is 9.06. The summed E-state index contributed by atoms with van der Waals surface area (Å²) in [6.45, 7) is 8.22. The van der Waals surface area contributed by atoms with Crippen LogP contribution in [0.5, 0.6) is 0 Å². The number of nitrogens with one attached hydrogen (secondary N) is 1. The third-order valence-corrected chi connectivity index (χ3v) is 6.29. The Morgan fingerprint density at radius 2 is 2.11 bits per heavy atom. The molecule has 1 aromatic carbocycles. The number of fused-ring (bicyclic) bond motifs is 2. The molecular weight excluding hydrogens is 394 g/mol. The summed E-state index contributed by atoms with van der Waals surface area (Å²) in [6, 6.07) is 7.12. The van der Waals surface area contributed by atoms with Crippen LogP contribution in [0.3, 0.4) is 0 Å². The van der Waals surface area contributed by atoms with Crippen LogP contribution in [0.25, 0.3) is 16.6 Å². The van der Waals surface area contributed by atoms with E-state index in [0.29, 0.717) is 23.5 Å². The lowest BCUT2D eigenvalue weighted by atomic mass is 10.2. The molecule has 28 heavy (non-hydrogen) atoms. The predicted molar refractivity (Wildman–Crippen MR) is 113 cm³/mol. The number of halogens is 1. The Morgan fingerprint density at radius 3 is 2.89 bits per heavy atom. The van der Waals surface area contributed by atoms with E-state index in [1.807, 2.05) is 29.1 Å². The number of nitrogens with zero attached hydrogens (tertiary/aromatic N) is 6. The molecule has 0 aliphatic heterocycles. The van der Waals surface area contributed by atoms with Crippen LogP contribution in [0.15, 0.2) is 36.8 Å².